The molecule has 59 valence electrons. The van der Waals surface area contributed by atoms with E-state index in [1.54, 1.807) is 0 Å². The Morgan fingerprint density at radius 1 is 1.50 bits per heavy atom. The molecule has 0 aliphatic carbocycles. The summed E-state index contributed by atoms with van der Waals surface area (Å²) in [7, 11) is 0. The van der Waals surface area contributed by atoms with Gasteiger partial charge in [0.2, 0.25) is 5.91 Å². The molecule has 0 heterocycles. The van der Waals surface area contributed by atoms with Crippen molar-refractivity contribution in [2.75, 3.05) is 26.2 Å². The van der Waals surface area contributed by atoms with Crippen LogP contribution in [-0.2, 0) is 9.90 Å². The lowest BCUT2D eigenvalue weighted by Gasteiger charge is -2.01. The first-order chi connectivity index (χ1) is 4.81. The van der Waals surface area contributed by atoms with Gasteiger partial charge in [-0.3, -0.25) is 4.79 Å². The number of amides is 1. The van der Waals surface area contributed by atoms with Crippen molar-refractivity contribution < 1.29 is 9.90 Å². The van der Waals surface area contributed by atoms with Crippen LogP contribution in [0.2, 0.25) is 0 Å². The quantitative estimate of drug-likeness (QED) is 0.529. The van der Waals surface area contributed by atoms with Crippen molar-refractivity contribution in [3.63, 3.8) is 0 Å². The molecule has 0 aromatic rings. The Labute approximate surface area is 60.6 Å². The second kappa shape index (κ2) is 6.51. The molecule has 2 N–H and O–H groups in total. The highest BCUT2D eigenvalue weighted by atomic mass is 16.3. The summed E-state index contributed by atoms with van der Waals surface area (Å²) in [5, 5.41) is 15.2. The van der Waals surface area contributed by atoms with E-state index in [-0.39, 0.29) is 19.1 Å². The van der Waals surface area contributed by atoms with E-state index < -0.39 is 0 Å². The first kappa shape index (κ1) is 9.39. The van der Waals surface area contributed by atoms with Crippen LogP contribution in [0.15, 0.2) is 0 Å². The first-order valence-electron chi connectivity index (χ1n) is 3.36. The number of hydrogen-bond donors (Lipinski definition) is 2. The molecule has 0 fully saturated rings. The minimum absolute atomic E-state index is 0.113. The van der Waals surface area contributed by atoms with Crippen molar-refractivity contribution >= 4 is 5.91 Å². The predicted octanol–water partition coefficient (Wildman–Crippen LogP) is -0.857. The lowest BCUT2D eigenvalue weighted by molar-refractivity contribution is -0.120. The topological polar surface area (TPSA) is 61.0 Å². The molecule has 0 rings (SSSR count). The highest BCUT2D eigenvalue weighted by Gasteiger charge is 1.96. The van der Waals surface area contributed by atoms with Gasteiger partial charge in [0.25, 0.3) is 0 Å². The van der Waals surface area contributed by atoms with Crippen molar-refractivity contribution in [1.29, 1.82) is 0 Å². The Hall–Kier alpha value is -0.610. The van der Waals surface area contributed by atoms with Gasteiger partial charge in [-0.15, -0.1) is 0 Å². The SMILES string of the molecule is CCNCC(=O)NCC[O]. The van der Waals surface area contributed by atoms with Crippen molar-refractivity contribution in [1.82, 2.24) is 10.6 Å². The van der Waals surface area contributed by atoms with E-state index in [9.17, 15) is 9.90 Å². The van der Waals surface area contributed by atoms with Crippen LogP contribution in [0.4, 0.5) is 0 Å². The molecule has 4 heteroatoms. The minimum atomic E-state index is -0.252. The van der Waals surface area contributed by atoms with Crippen molar-refractivity contribution in [3.05, 3.63) is 0 Å². The van der Waals surface area contributed by atoms with Gasteiger partial charge in [0, 0.05) is 6.54 Å². The van der Waals surface area contributed by atoms with Crippen LogP contribution in [0.5, 0.6) is 0 Å². The molecule has 0 aliphatic rings. The third-order valence-corrected chi connectivity index (χ3v) is 0.960. The van der Waals surface area contributed by atoms with E-state index in [1.807, 2.05) is 6.92 Å². The van der Waals surface area contributed by atoms with Crippen LogP contribution in [0, 0.1) is 0 Å². The fourth-order valence-corrected chi connectivity index (χ4v) is 0.491. The van der Waals surface area contributed by atoms with Crippen LogP contribution in [0.1, 0.15) is 6.92 Å². The van der Waals surface area contributed by atoms with E-state index in [0.29, 0.717) is 6.54 Å². The average Bonchev–Trinajstić information content (AvgIpc) is 1.97. The Morgan fingerprint density at radius 2 is 2.20 bits per heavy atom. The summed E-state index contributed by atoms with van der Waals surface area (Å²) in [6.45, 7) is 2.96. The van der Waals surface area contributed by atoms with Gasteiger partial charge in [-0.1, -0.05) is 6.92 Å². The molecule has 0 atom stereocenters. The summed E-state index contributed by atoms with van der Waals surface area (Å²) in [5.74, 6) is -0.113. The monoisotopic (exact) mass is 145 g/mol. The highest BCUT2D eigenvalue weighted by Crippen LogP contribution is 1.63. The van der Waals surface area contributed by atoms with Crippen LogP contribution in [0.25, 0.3) is 0 Å². The molecule has 10 heavy (non-hydrogen) atoms. The summed E-state index contributed by atoms with van der Waals surface area (Å²) in [6, 6.07) is 0. The molecule has 0 aromatic carbocycles. The summed E-state index contributed by atoms with van der Waals surface area (Å²) in [4.78, 5) is 10.6. The van der Waals surface area contributed by atoms with Gasteiger partial charge < -0.3 is 10.6 Å². The molecule has 0 saturated carbocycles. The second-order valence-corrected chi connectivity index (χ2v) is 1.83. The average molecular weight is 145 g/mol. The zero-order valence-corrected chi connectivity index (χ0v) is 6.14. The van der Waals surface area contributed by atoms with Crippen LogP contribution >= 0.6 is 0 Å². The molecular formula is C6H13N2O2. The van der Waals surface area contributed by atoms with Gasteiger partial charge in [0.05, 0.1) is 13.2 Å². The van der Waals surface area contributed by atoms with Crippen molar-refractivity contribution in [3.8, 4) is 0 Å². The van der Waals surface area contributed by atoms with Crippen molar-refractivity contribution in [2.45, 2.75) is 6.92 Å². The Morgan fingerprint density at radius 3 is 2.70 bits per heavy atom. The van der Waals surface area contributed by atoms with Gasteiger partial charge >= 0.3 is 0 Å². The lowest BCUT2D eigenvalue weighted by atomic mass is 10.5. The first-order valence-corrected chi connectivity index (χ1v) is 3.36. The summed E-state index contributed by atoms with van der Waals surface area (Å²) < 4.78 is 0. The van der Waals surface area contributed by atoms with Gasteiger partial charge in [0.1, 0.15) is 0 Å². The van der Waals surface area contributed by atoms with E-state index in [2.05, 4.69) is 10.6 Å². The van der Waals surface area contributed by atoms with Crippen molar-refractivity contribution in [2.24, 2.45) is 0 Å². The standard InChI is InChI=1S/C6H13N2O2/c1-2-7-5-6(10)8-3-4-9/h7H,2-5H2,1H3,(H,8,10). The molecular weight excluding hydrogens is 132 g/mol. The maximum absolute atomic E-state index is 10.6. The molecule has 0 aliphatic heterocycles. The number of carbonyl (C=O) groups is 1. The molecule has 0 saturated heterocycles. The maximum Gasteiger partial charge on any atom is 0.234 e. The number of carbonyl (C=O) groups excluding carboxylic acids is 1. The summed E-state index contributed by atoms with van der Waals surface area (Å²) >= 11 is 0. The Balaban J connectivity index is 3.09. The molecule has 1 radical (unpaired) electrons. The Kier molecular flexibility index (Phi) is 6.11. The summed E-state index contributed by atoms with van der Waals surface area (Å²) in [6.07, 6.45) is 0. The fourth-order valence-electron chi connectivity index (χ4n) is 0.491. The smallest absolute Gasteiger partial charge is 0.234 e. The minimum Gasteiger partial charge on any atom is -0.353 e. The van der Waals surface area contributed by atoms with Gasteiger partial charge in [-0.05, 0) is 6.54 Å². The lowest BCUT2D eigenvalue weighted by Crippen LogP contribution is -2.35. The van der Waals surface area contributed by atoms with Gasteiger partial charge in [0.15, 0.2) is 0 Å². The molecule has 0 aromatic heterocycles. The molecule has 4 nitrogen and oxygen atoms in total. The highest BCUT2D eigenvalue weighted by molar-refractivity contribution is 5.77. The predicted molar refractivity (Wildman–Crippen MR) is 37.1 cm³/mol. The number of nitrogens with one attached hydrogen (secondary N) is 2. The van der Waals surface area contributed by atoms with E-state index in [4.69, 9.17) is 0 Å². The third-order valence-electron chi connectivity index (χ3n) is 0.960. The number of rotatable bonds is 5. The Bertz CT molecular complexity index is 85.7. The number of likely N-dealkylation sites (N-methyl/N-ethyl adjacent to an activating group) is 1. The molecule has 0 spiro atoms. The molecule has 0 unspecified atom stereocenters. The maximum atomic E-state index is 10.6. The van der Waals surface area contributed by atoms with Crippen LogP contribution in [-0.4, -0.2) is 32.1 Å². The van der Waals surface area contributed by atoms with Crippen LogP contribution < -0.4 is 10.6 Å². The zero-order valence-electron chi connectivity index (χ0n) is 6.14. The second-order valence-electron chi connectivity index (χ2n) is 1.83. The third kappa shape index (κ3) is 5.53. The van der Waals surface area contributed by atoms with E-state index in [1.165, 1.54) is 0 Å². The largest absolute Gasteiger partial charge is 0.353 e. The van der Waals surface area contributed by atoms with E-state index in [0.717, 1.165) is 6.54 Å². The number of hydrogen-bond acceptors (Lipinski definition) is 2. The van der Waals surface area contributed by atoms with Gasteiger partial charge in [-0.2, -0.15) is 0 Å². The normalized spacial score (nSPS) is 9.40. The van der Waals surface area contributed by atoms with Gasteiger partial charge in [-0.25, -0.2) is 5.11 Å². The molecule has 1 amide bonds. The zero-order chi connectivity index (χ0) is 7.82. The molecule has 0 bridgehead atoms. The fraction of sp³-hybridized carbons (Fsp3) is 0.833. The summed E-state index contributed by atoms with van der Waals surface area (Å²) in [5.41, 5.74) is 0. The van der Waals surface area contributed by atoms with E-state index >= 15 is 0 Å². The van der Waals surface area contributed by atoms with Crippen LogP contribution in [0.3, 0.4) is 0 Å².